The summed E-state index contributed by atoms with van der Waals surface area (Å²) in [6.07, 6.45) is 0.329. The summed E-state index contributed by atoms with van der Waals surface area (Å²) in [5.74, 6) is 0.626. The first kappa shape index (κ1) is 16.1. The zero-order valence-electron chi connectivity index (χ0n) is 13.4. The lowest BCUT2D eigenvalue weighted by molar-refractivity contribution is -0.127. The van der Waals surface area contributed by atoms with E-state index in [1.54, 1.807) is 6.92 Å². The van der Waals surface area contributed by atoms with Gasteiger partial charge in [0.25, 0.3) is 5.91 Å². The van der Waals surface area contributed by atoms with Crippen LogP contribution in [0.4, 0.5) is 0 Å². The van der Waals surface area contributed by atoms with Crippen LogP contribution in [-0.4, -0.2) is 18.6 Å². The van der Waals surface area contributed by atoms with Crippen LogP contribution in [0.3, 0.4) is 0 Å². The fourth-order valence-electron chi connectivity index (χ4n) is 2.23. The maximum absolute atomic E-state index is 12.1. The fraction of sp³-hybridized carbons (Fsp3) is 0.316. The van der Waals surface area contributed by atoms with Gasteiger partial charge in [-0.25, -0.2) is 0 Å². The molecule has 2 aromatic rings. The Labute approximate surface area is 132 Å². The van der Waals surface area contributed by atoms with E-state index in [4.69, 9.17) is 4.74 Å². The average molecular weight is 297 g/mol. The van der Waals surface area contributed by atoms with E-state index in [1.807, 2.05) is 43.3 Å². The lowest BCUT2D eigenvalue weighted by Crippen LogP contribution is -2.37. The van der Waals surface area contributed by atoms with Crippen LogP contribution in [0.15, 0.2) is 48.5 Å². The molecule has 0 heterocycles. The van der Waals surface area contributed by atoms with Gasteiger partial charge in [-0.05, 0) is 50.5 Å². The van der Waals surface area contributed by atoms with Crippen molar-refractivity contribution in [1.29, 1.82) is 0 Å². The molecule has 0 saturated carbocycles. The first-order chi connectivity index (χ1) is 10.6. The summed E-state index contributed by atoms with van der Waals surface area (Å²) in [7, 11) is 0. The number of carbonyl (C=O) groups is 1. The van der Waals surface area contributed by atoms with Crippen molar-refractivity contribution >= 4 is 5.91 Å². The minimum atomic E-state index is -0.500. The molecule has 1 N–H and O–H groups in total. The quantitative estimate of drug-likeness (QED) is 0.887. The van der Waals surface area contributed by atoms with Crippen molar-refractivity contribution in [2.45, 2.75) is 33.3 Å². The Balaban J connectivity index is 1.79. The highest BCUT2D eigenvalue weighted by molar-refractivity contribution is 5.80. The molecular formula is C19H23NO2. The number of aryl methyl sites for hydroxylation is 2. The Morgan fingerprint density at radius 1 is 1.09 bits per heavy atom. The van der Waals surface area contributed by atoms with E-state index in [0.717, 1.165) is 6.42 Å². The van der Waals surface area contributed by atoms with E-state index in [0.29, 0.717) is 12.3 Å². The van der Waals surface area contributed by atoms with Gasteiger partial charge in [0, 0.05) is 6.54 Å². The summed E-state index contributed by atoms with van der Waals surface area (Å²) >= 11 is 0. The number of nitrogens with one attached hydrogen (secondary N) is 1. The molecule has 0 radical (unpaired) electrons. The van der Waals surface area contributed by atoms with E-state index in [1.165, 1.54) is 16.7 Å². The predicted octanol–water partition coefficient (Wildman–Crippen LogP) is 3.43. The summed E-state index contributed by atoms with van der Waals surface area (Å²) in [5, 5.41) is 2.93. The van der Waals surface area contributed by atoms with Gasteiger partial charge in [0.2, 0.25) is 0 Å². The molecule has 0 aliphatic carbocycles. The van der Waals surface area contributed by atoms with E-state index in [2.05, 4.69) is 24.4 Å². The van der Waals surface area contributed by atoms with Crippen molar-refractivity contribution in [3.05, 3.63) is 65.2 Å². The van der Waals surface area contributed by atoms with Gasteiger partial charge >= 0.3 is 0 Å². The van der Waals surface area contributed by atoms with Gasteiger partial charge < -0.3 is 10.1 Å². The third kappa shape index (κ3) is 4.62. The molecule has 0 spiro atoms. The predicted molar refractivity (Wildman–Crippen MR) is 89.2 cm³/mol. The highest BCUT2D eigenvalue weighted by Crippen LogP contribution is 2.13. The van der Waals surface area contributed by atoms with E-state index >= 15 is 0 Å². The molecule has 1 unspecified atom stereocenters. The third-order valence-corrected chi connectivity index (χ3v) is 3.66. The number of rotatable bonds is 6. The number of hydrogen-bond donors (Lipinski definition) is 1. The van der Waals surface area contributed by atoms with Gasteiger partial charge in [-0.1, -0.05) is 42.0 Å². The molecule has 3 heteroatoms. The van der Waals surface area contributed by atoms with Crippen molar-refractivity contribution in [1.82, 2.24) is 5.32 Å². The smallest absolute Gasteiger partial charge is 0.260 e. The van der Waals surface area contributed by atoms with Gasteiger partial charge in [0.15, 0.2) is 6.10 Å². The second-order valence-electron chi connectivity index (χ2n) is 5.54. The SMILES string of the molecule is Cc1ccc(OC(C)C(=O)NCCc2ccccc2C)cc1. The van der Waals surface area contributed by atoms with Gasteiger partial charge in [-0.2, -0.15) is 0 Å². The third-order valence-electron chi connectivity index (χ3n) is 3.66. The number of benzene rings is 2. The summed E-state index contributed by atoms with van der Waals surface area (Å²) < 4.78 is 5.65. The first-order valence-electron chi connectivity index (χ1n) is 7.62. The second kappa shape index (κ2) is 7.64. The van der Waals surface area contributed by atoms with Crippen LogP contribution < -0.4 is 10.1 Å². The molecule has 0 aliphatic rings. The Hall–Kier alpha value is -2.29. The second-order valence-corrected chi connectivity index (χ2v) is 5.54. The van der Waals surface area contributed by atoms with Crippen molar-refractivity contribution in [2.75, 3.05) is 6.54 Å². The van der Waals surface area contributed by atoms with Crippen LogP contribution in [0.2, 0.25) is 0 Å². The van der Waals surface area contributed by atoms with Crippen LogP contribution in [0.25, 0.3) is 0 Å². The molecule has 0 saturated heterocycles. The van der Waals surface area contributed by atoms with Crippen molar-refractivity contribution in [3.63, 3.8) is 0 Å². The molecule has 1 amide bonds. The van der Waals surface area contributed by atoms with Gasteiger partial charge in [0.1, 0.15) is 5.75 Å². The molecule has 1 atom stereocenters. The number of hydrogen-bond acceptors (Lipinski definition) is 2. The van der Waals surface area contributed by atoms with Crippen LogP contribution in [0.5, 0.6) is 5.75 Å². The van der Waals surface area contributed by atoms with Gasteiger partial charge in [-0.15, -0.1) is 0 Å². The zero-order chi connectivity index (χ0) is 15.9. The molecule has 0 bridgehead atoms. The minimum Gasteiger partial charge on any atom is -0.481 e. The van der Waals surface area contributed by atoms with Crippen molar-refractivity contribution in [2.24, 2.45) is 0 Å². The molecular weight excluding hydrogens is 274 g/mol. The minimum absolute atomic E-state index is 0.0887. The Morgan fingerprint density at radius 3 is 2.45 bits per heavy atom. The summed E-state index contributed by atoms with van der Waals surface area (Å²) in [6, 6.07) is 15.9. The molecule has 0 fully saturated rings. The van der Waals surface area contributed by atoms with E-state index in [-0.39, 0.29) is 5.91 Å². The number of carbonyl (C=O) groups excluding carboxylic acids is 1. The van der Waals surface area contributed by atoms with Crippen molar-refractivity contribution < 1.29 is 9.53 Å². The Morgan fingerprint density at radius 2 is 1.77 bits per heavy atom. The number of amides is 1. The maximum atomic E-state index is 12.1. The van der Waals surface area contributed by atoms with E-state index in [9.17, 15) is 4.79 Å². The summed E-state index contributed by atoms with van der Waals surface area (Å²) in [4.78, 5) is 12.1. The molecule has 2 aromatic carbocycles. The summed E-state index contributed by atoms with van der Waals surface area (Å²) in [5.41, 5.74) is 3.68. The Kier molecular flexibility index (Phi) is 5.59. The zero-order valence-corrected chi connectivity index (χ0v) is 13.4. The van der Waals surface area contributed by atoms with Crippen molar-refractivity contribution in [3.8, 4) is 5.75 Å². The first-order valence-corrected chi connectivity index (χ1v) is 7.62. The molecule has 0 aromatic heterocycles. The van der Waals surface area contributed by atoms with Gasteiger partial charge in [-0.3, -0.25) is 4.79 Å². The Bertz CT molecular complexity index is 620. The lowest BCUT2D eigenvalue weighted by atomic mass is 10.1. The molecule has 22 heavy (non-hydrogen) atoms. The number of ether oxygens (including phenoxy) is 1. The fourth-order valence-corrected chi connectivity index (χ4v) is 2.23. The monoisotopic (exact) mass is 297 g/mol. The maximum Gasteiger partial charge on any atom is 0.260 e. The lowest BCUT2D eigenvalue weighted by Gasteiger charge is -2.15. The highest BCUT2D eigenvalue weighted by atomic mass is 16.5. The van der Waals surface area contributed by atoms with Crippen LogP contribution in [0.1, 0.15) is 23.6 Å². The standard InChI is InChI=1S/C19H23NO2/c1-14-8-10-18(11-9-14)22-16(3)19(21)20-13-12-17-7-5-4-6-15(17)2/h4-11,16H,12-13H2,1-3H3,(H,20,21). The molecule has 2 rings (SSSR count). The normalized spacial score (nSPS) is 11.8. The van der Waals surface area contributed by atoms with Crippen LogP contribution in [0, 0.1) is 13.8 Å². The molecule has 0 aliphatic heterocycles. The van der Waals surface area contributed by atoms with Gasteiger partial charge in [0.05, 0.1) is 0 Å². The topological polar surface area (TPSA) is 38.3 Å². The molecule has 3 nitrogen and oxygen atoms in total. The highest BCUT2D eigenvalue weighted by Gasteiger charge is 2.14. The largest absolute Gasteiger partial charge is 0.481 e. The summed E-state index contributed by atoms with van der Waals surface area (Å²) in [6.45, 7) is 6.49. The van der Waals surface area contributed by atoms with E-state index < -0.39 is 6.10 Å². The van der Waals surface area contributed by atoms with Crippen LogP contribution in [-0.2, 0) is 11.2 Å². The average Bonchev–Trinajstić information content (AvgIpc) is 2.51. The van der Waals surface area contributed by atoms with Crippen LogP contribution >= 0.6 is 0 Å². The molecule has 116 valence electrons.